The molecule has 2 rings (SSSR count). The van der Waals surface area contributed by atoms with E-state index in [2.05, 4.69) is 0 Å². The molecule has 5 nitrogen and oxygen atoms in total. The smallest absolute Gasteiger partial charge is 1.00 e. The summed E-state index contributed by atoms with van der Waals surface area (Å²) < 4.78 is 0. The fraction of sp³-hybridized carbons (Fsp3) is 0.125. The summed E-state index contributed by atoms with van der Waals surface area (Å²) in [6, 6.07) is 12.6. The van der Waals surface area contributed by atoms with Crippen molar-refractivity contribution in [2.45, 2.75) is 13.3 Å². The van der Waals surface area contributed by atoms with E-state index in [0.717, 1.165) is 0 Å². The van der Waals surface area contributed by atoms with Gasteiger partial charge in [0.25, 0.3) is 0 Å². The maximum absolute atomic E-state index is 10.6. The van der Waals surface area contributed by atoms with Gasteiger partial charge in [-0.3, -0.25) is 0 Å². The van der Waals surface area contributed by atoms with E-state index in [0.29, 0.717) is 17.5 Å². The number of hydrogen-bond acceptors (Lipinski definition) is 3. The van der Waals surface area contributed by atoms with Crippen molar-refractivity contribution in [2.24, 2.45) is 0 Å². The number of phenolic OH excluding ortho intramolecular Hbond substituents is 1. The first-order valence-corrected chi connectivity index (χ1v) is 6.29. The third-order valence-corrected chi connectivity index (χ3v) is 2.72. The number of benzene rings is 2. The molecule has 0 aliphatic carbocycles. The van der Waals surface area contributed by atoms with Crippen molar-refractivity contribution < 1.29 is 55.9 Å². The molecule has 0 saturated carbocycles. The molecule has 0 spiro atoms. The second-order valence-corrected chi connectivity index (χ2v) is 4.17. The quantitative estimate of drug-likeness (QED) is 0.702. The van der Waals surface area contributed by atoms with Crippen molar-refractivity contribution in [3.8, 4) is 5.75 Å². The van der Waals surface area contributed by atoms with Crippen molar-refractivity contribution in [1.82, 2.24) is 0 Å². The number of carboxylic acid groups (broad SMARTS) is 2. The van der Waals surface area contributed by atoms with Gasteiger partial charge in [0.1, 0.15) is 5.75 Å². The Bertz CT molecular complexity index is 632. The van der Waals surface area contributed by atoms with Gasteiger partial charge in [-0.25, -0.2) is 9.59 Å². The molecule has 0 saturated heterocycles. The average molecular weight is 312 g/mol. The maximum Gasteiger partial charge on any atom is 1.00 e. The monoisotopic (exact) mass is 312 g/mol. The van der Waals surface area contributed by atoms with Gasteiger partial charge in [0.2, 0.25) is 0 Å². The first-order valence-electron chi connectivity index (χ1n) is 6.29. The molecule has 0 atom stereocenters. The normalized spacial score (nSPS) is 8.95. The molecule has 0 unspecified atom stereocenters. The number of rotatable bonds is 3. The van der Waals surface area contributed by atoms with Gasteiger partial charge in [-0.1, -0.05) is 25.1 Å². The standard InChI is InChI=1S/C9H10O3.C7H6O2.Na.H/c1-2-6-5-7(10)3-4-8(6)9(11)12;8-7(9)6-4-2-1-3-5-6;;/h3-5,10H,2H2,1H3,(H,11,12);1-5H,(H,8,9);;/q;;+1;-1. The van der Waals surface area contributed by atoms with Crippen LogP contribution in [0.3, 0.4) is 0 Å². The largest absolute Gasteiger partial charge is 1.00 e. The Labute approximate surface area is 152 Å². The van der Waals surface area contributed by atoms with Crippen molar-refractivity contribution >= 4 is 11.9 Å². The van der Waals surface area contributed by atoms with E-state index in [1.165, 1.54) is 18.2 Å². The van der Waals surface area contributed by atoms with Gasteiger partial charge < -0.3 is 16.7 Å². The minimum Gasteiger partial charge on any atom is -1.00 e. The van der Waals surface area contributed by atoms with Gasteiger partial charge in [0.15, 0.2) is 0 Å². The van der Waals surface area contributed by atoms with Gasteiger partial charge in [0.05, 0.1) is 11.1 Å². The van der Waals surface area contributed by atoms with E-state index in [1.54, 1.807) is 30.3 Å². The number of aromatic carboxylic acids is 2. The van der Waals surface area contributed by atoms with Crippen LogP contribution in [0, 0.1) is 0 Å². The van der Waals surface area contributed by atoms with Crippen molar-refractivity contribution in [3.63, 3.8) is 0 Å². The van der Waals surface area contributed by atoms with Crippen LogP contribution in [-0.2, 0) is 6.42 Å². The summed E-state index contributed by atoms with van der Waals surface area (Å²) in [5.74, 6) is -1.72. The van der Waals surface area contributed by atoms with Crippen LogP contribution in [0.25, 0.3) is 0 Å². The predicted octanol–water partition coefficient (Wildman–Crippen LogP) is 0.154. The van der Waals surface area contributed by atoms with Crippen LogP contribution in [0.15, 0.2) is 48.5 Å². The molecule has 112 valence electrons. The number of carboxylic acids is 2. The summed E-state index contributed by atoms with van der Waals surface area (Å²) in [5.41, 5.74) is 1.25. The summed E-state index contributed by atoms with van der Waals surface area (Å²) in [6.07, 6.45) is 0.607. The Kier molecular flexibility index (Phi) is 9.17. The third kappa shape index (κ3) is 6.30. The maximum atomic E-state index is 10.6. The summed E-state index contributed by atoms with van der Waals surface area (Å²) in [5, 5.41) is 26.1. The van der Waals surface area contributed by atoms with E-state index in [4.69, 9.17) is 15.3 Å². The molecule has 0 aromatic heterocycles. The van der Waals surface area contributed by atoms with Gasteiger partial charge in [-0.15, -0.1) is 0 Å². The minimum absolute atomic E-state index is 0. The van der Waals surface area contributed by atoms with Gasteiger partial charge in [0, 0.05) is 0 Å². The summed E-state index contributed by atoms with van der Waals surface area (Å²) >= 11 is 0. The SMILES string of the molecule is CCc1cc(O)ccc1C(=O)O.O=C(O)c1ccccc1.[H-].[Na+]. The molecule has 0 bridgehead atoms. The summed E-state index contributed by atoms with van der Waals surface area (Å²) in [4.78, 5) is 20.8. The molecule has 0 aliphatic rings. The van der Waals surface area contributed by atoms with Crippen molar-refractivity contribution in [2.75, 3.05) is 0 Å². The summed E-state index contributed by atoms with van der Waals surface area (Å²) in [7, 11) is 0. The van der Waals surface area contributed by atoms with E-state index in [1.807, 2.05) is 6.92 Å². The zero-order chi connectivity index (χ0) is 15.8. The molecule has 0 aliphatic heterocycles. The molecular formula is C16H17NaO5. The first-order chi connectivity index (χ1) is 9.95. The number of phenols is 1. The van der Waals surface area contributed by atoms with Crippen LogP contribution >= 0.6 is 0 Å². The molecule has 0 fully saturated rings. The Hall–Kier alpha value is -1.82. The molecule has 6 heteroatoms. The van der Waals surface area contributed by atoms with Gasteiger partial charge in [-0.05, 0) is 42.3 Å². The van der Waals surface area contributed by atoms with Crippen molar-refractivity contribution in [3.05, 3.63) is 65.2 Å². The Balaban J connectivity index is 0. The second-order valence-electron chi connectivity index (χ2n) is 4.17. The molecule has 0 radical (unpaired) electrons. The second kappa shape index (κ2) is 10.00. The molecular weight excluding hydrogens is 295 g/mol. The number of aromatic hydroxyl groups is 1. The molecule has 0 heterocycles. The number of aryl methyl sites for hydroxylation is 1. The van der Waals surface area contributed by atoms with E-state index < -0.39 is 11.9 Å². The number of hydrogen-bond donors (Lipinski definition) is 3. The molecule has 0 amide bonds. The zero-order valence-electron chi connectivity index (χ0n) is 13.5. The fourth-order valence-electron chi connectivity index (χ4n) is 1.66. The average Bonchev–Trinajstić information content (AvgIpc) is 2.48. The Morgan fingerprint density at radius 2 is 1.59 bits per heavy atom. The molecule has 2 aromatic carbocycles. The summed E-state index contributed by atoms with van der Waals surface area (Å²) in [6.45, 7) is 1.85. The molecule has 22 heavy (non-hydrogen) atoms. The van der Waals surface area contributed by atoms with E-state index in [9.17, 15) is 9.59 Å². The van der Waals surface area contributed by atoms with Crippen LogP contribution in [0.5, 0.6) is 5.75 Å². The van der Waals surface area contributed by atoms with Crippen LogP contribution in [0.1, 0.15) is 34.6 Å². The van der Waals surface area contributed by atoms with Crippen LogP contribution in [-0.4, -0.2) is 27.3 Å². The topological polar surface area (TPSA) is 94.8 Å². The predicted molar refractivity (Wildman–Crippen MR) is 79.0 cm³/mol. The van der Waals surface area contributed by atoms with Crippen LogP contribution in [0.2, 0.25) is 0 Å². The molecule has 2 aromatic rings. The van der Waals surface area contributed by atoms with Gasteiger partial charge in [-0.2, -0.15) is 0 Å². The minimum atomic E-state index is -0.952. The van der Waals surface area contributed by atoms with Crippen molar-refractivity contribution in [1.29, 1.82) is 0 Å². The van der Waals surface area contributed by atoms with E-state index >= 15 is 0 Å². The van der Waals surface area contributed by atoms with Gasteiger partial charge >= 0.3 is 41.5 Å². The van der Waals surface area contributed by atoms with Crippen LogP contribution in [0.4, 0.5) is 0 Å². The fourth-order valence-corrected chi connectivity index (χ4v) is 1.66. The third-order valence-electron chi connectivity index (χ3n) is 2.72. The number of carbonyl (C=O) groups is 2. The first kappa shape index (κ1) is 20.2. The Morgan fingerprint density at radius 3 is 2.00 bits per heavy atom. The van der Waals surface area contributed by atoms with E-state index in [-0.39, 0.29) is 42.3 Å². The van der Waals surface area contributed by atoms with Crippen LogP contribution < -0.4 is 29.6 Å². The Morgan fingerprint density at radius 1 is 1.00 bits per heavy atom. The molecule has 3 N–H and O–H groups in total. The zero-order valence-corrected chi connectivity index (χ0v) is 14.5.